The zero-order chi connectivity index (χ0) is 17.2. The molecule has 0 aromatic heterocycles. The summed E-state index contributed by atoms with van der Waals surface area (Å²) in [6.07, 6.45) is 1.34. The molecule has 132 valence electrons. The number of carbonyl (C=O) groups is 1. The number of hydrogen-bond acceptors (Lipinski definition) is 4. The molecule has 0 saturated carbocycles. The normalized spacial score (nSPS) is 24.6. The number of urea groups is 1. The van der Waals surface area contributed by atoms with Gasteiger partial charge < -0.3 is 15.0 Å². The quantitative estimate of drug-likeness (QED) is 0.831. The zero-order valence-electron chi connectivity index (χ0n) is 14.6. The molecule has 6 heteroatoms. The second-order valence-electron chi connectivity index (χ2n) is 7.05. The van der Waals surface area contributed by atoms with Crippen LogP contribution in [-0.2, 0) is 4.74 Å². The molecular formula is C18H26N2O2S2. The molecule has 3 rings (SSSR count). The number of rotatable bonds is 2. The van der Waals surface area contributed by atoms with Crippen molar-refractivity contribution in [1.29, 1.82) is 0 Å². The summed E-state index contributed by atoms with van der Waals surface area (Å²) < 4.78 is 6.36. The number of hydrogen-bond donors (Lipinski definition) is 1. The van der Waals surface area contributed by atoms with E-state index in [1.807, 2.05) is 61.3 Å². The first kappa shape index (κ1) is 18.0. The first-order valence-electron chi connectivity index (χ1n) is 8.50. The third-order valence-electron chi connectivity index (χ3n) is 4.09. The van der Waals surface area contributed by atoms with Crippen LogP contribution in [-0.4, -0.2) is 47.2 Å². The summed E-state index contributed by atoms with van der Waals surface area (Å²) in [6.45, 7) is 7.31. The van der Waals surface area contributed by atoms with Crippen molar-refractivity contribution in [3.05, 3.63) is 29.8 Å². The molecule has 2 aliphatic rings. The van der Waals surface area contributed by atoms with Crippen LogP contribution in [0.3, 0.4) is 0 Å². The number of carbonyl (C=O) groups excluding carboxylic acids is 1. The number of nitrogens with zero attached hydrogens (tertiary/aromatic N) is 1. The summed E-state index contributed by atoms with van der Waals surface area (Å²) in [5.41, 5.74) is 1.87. The fraction of sp³-hybridized carbons (Fsp3) is 0.611. The summed E-state index contributed by atoms with van der Waals surface area (Å²) in [6, 6.07) is 8.23. The molecule has 1 N–H and O–H groups in total. The van der Waals surface area contributed by atoms with Crippen molar-refractivity contribution in [1.82, 2.24) is 4.90 Å². The lowest BCUT2D eigenvalue weighted by molar-refractivity contribution is -0.116. The van der Waals surface area contributed by atoms with Crippen LogP contribution in [0.15, 0.2) is 24.3 Å². The first-order valence-corrected chi connectivity index (χ1v) is 10.6. The Morgan fingerprint density at radius 1 is 1.33 bits per heavy atom. The summed E-state index contributed by atoms with van der Waals surface area (Å²) in [7, 11) is 0. The maximum atomic E-state index is 12.6. The lowest BCUT2D eigenvalue weighted by Gasteiger charge is -2.41. The van der Waals surface area contributed by atoms with E-state index in [4.69, 9.17) is 4.74 Å². The van der Waals surface area contributed by atoms with Crippen molar-refractivity contribution in [3.63, 3.8) is 0 Å². The van der Waals surface area contributed by atoms with Gasteiger partial charge in [0.2, 0.25) is 0 Å². The van der Waals surface area contributed by atoms with E-state index in [2.05, 4.69) is 17.4 Å². The van der Waals surface area contributed by atoms with Gasteiger partial charge in [-0.05, 0) is 56.4 Å². The van der Waals surface area contributed by atoms with Crippen molar-refractivity contribution >= 4 is 35.2 Å². The number of benzene rings is 1. The largest absolute Gasteiger partial charge is 0.369 e. The number of nitrogens with one attached hydrogen (secondary N) is 1. The highest BCUT2D eigenvalue weighted by atomic mass is 32.2. The molecule has 2 aliphatic heterocycles. The van der Waals surface area contributed by atoms with Gasteiger partial charge in [-0.15, -0.1) is 23.5 Å². The smallest absolute Gasteiger partial charge is 0.322 e. The Morgan fingerprint density at radius 3 is 2.79 bits per heavy atom. The van der Waals surface area contributed by atoms with Crippen molar-refractivity contribution in [2.75, 3.05) is 29.9 Å². The van der Waals surface area contributed by atoms with Crippen LogP contribution >= 0.6 is 23.5 Å². The standard InChI is InChI=1S/C18H26N2O2S2/c1-13-11-20(12-18(2,3)22-13)17(21)19-15-7-4-6-14(10-15)16-23-8-5-9-24-16/h4,6-7,10,13,16H,5,8-9,11-12H2,1-3H3,(H,19,21)/t13-/m0/s1. The third kappa shape index (κ3) is 4.61. The first-order chi connectivity index (χ1) is 11.4. The van der Waals surface area contributed by atoms with E-state index >= 15 is 0 Å². The number of anilines is 1. The highest BCUT2D eigenvalue weighted by Crippen LogP contribution is 2.44. The Balaban J connectivity index is 1.66. The van der Waals surface area contributed by atoms with Gasteiger partial charge in [-0.2, -0.15) is 0 Å². The maximum absolute atomic E-state index is 12.6. The van der Waals surface area contributed by atoms with Gasteiger partial charge in [0.25, 0.3) is 0 Å². The maximum Gasteiger partial charge on any atom is 0.322 e. The number of ether oxygens (including phenoxy) is 1. The second-order valence-corrected chi connectivity index (χ2v) is 9.78. The number of thioether (sulfide) groups is 2. The van der Waals surface area contributed by atoms with Crippen LogP contribution in [0.1, 0.15) is 37.3 Å². The second kappa shape index (κ2) is 7.58. The van der Waals surface area contributed by atoms with Gasteiger partial charge >= 0.3 is 6.03 Å². The Hall–Kier alpha value is -0.850. The topological polar surface area (TPSA) is 41.6 Å². The molecule has 0 radical (unpaired) electrons. The summed E-state index contributed by atoms with van der Waals surface area (Å²) in [5.74, 6) is 2.43. The fourth-order valence-electron chi connectivity index (χ4n) is 3.25. The van der Waals surface area contributed by atoms with Gasteiger partial charge in [0.15, 0.2) is 0 Å². The molecule has 0 aliphatic carbocycles. The predicted molar refractivity (Wildman–Crippen MR) is 104 cm³/mol. The minimum atomic E-state index is -0.299. The molecule has 1 aromatic carbocycles. The van der Waals surface area contributed by atoms with Crippen molar-refractivity contribution in [2.24, 2.45) is 0 Å². The van der Waals surface area contributed by atoms with E-state index in [0.717, 1.165) is 5.69 Å². The fourth-order valence-corrected chi connectivity index (χ4v) is 6.13. The molecule has 2 saturated heterocycles. The van der Waals surface area contributed by atoms with Crippen LogP contribution in [0, 0.1) is 0 Å². The van der Waals surface area contributed by atoms with Gasteiger partial charge in [-0.1, -0.05) is 12.1 Å². The van der Waals surface area contributed by atoms with Gasteiger partial charge in [-0.3, -0.25) is 0 Å². The molecule has 2 amide bonds. The van der Waals surface area contributed by atoms with Crippen LogP contribution in [0.5, 0.6) is 0 Å². The minimum Gasteiger partial charge on any atom is -0.369 e. The van der Waals surface area contributed by atoms with E-state index in [0.29, 0.717) is 17.7 Å². The van der Waals surface area contributed by atoms with Crippen molar-refractivity contribution in [2.45, 2.75) is 43.5 Å². The Bertz CT molecular complexity index is 588. The van der Waals surface area contributed by atoms with Crippen molar-refractivity contribution in [3.8, 4) is 0 Å². The number of amides is 2. The van der Waals surface area contributed by atoms with E-state index in [1.54, 1.807) is 0 Å². The van der Waals surface area contributed by atoms with Gasteiger partial charge in [0, 0.05) is 12.2 Å². The van der Waals surface area contributed by atoms with E-state index in [1.165, 1.54) is 23.5 Å². The molecule has 1 aromatic rings. The van der Waals surface area contributed by atoms with Crippen molar-refractivity contribution < 1.29 is 9.53 Å². The lowest BCUT2D eigenvalue weighted by atomic mass is 10.1. The molecule has 1 atom stereocenters. The Morgan fingerprint density at radius 2 is 2.08 bits per heavy atom. The summed E-state index contributed by atoms with van der Waals surface area (Å²) in [4.78, 5) is 14.5. The molecule has 0 bridgehead atoms. The molecule has 2 fully saturated rings. The summed E-state index contributed by atoms with van der Waals surface area (Å²) in [5, 5.41) is 3.06. The Kier molecular flexibility index (Phi) is 5.67. The molecule has 24 heavy (non-hydrogen) atoms. The van der Waals surface area contributed by atoms with Crippen LogP contribution in [0.4, 0.5) is 10.5 Å². The lowest BCUT2D eigenvalue weighted by Crippen LogP contribution is -2.54. The van der Waals surface area contributed by atoms with Crippen LogP contribution < -0.4 is 5.32 Å². The monoisotopic (exact) mass is 366 g/mol. The molecule has 2 heterocycles. The van der Waals surface area contributed by atoms with Crippen LogP contribution in [0.2, 0.25) is 0 Å². The molecule has 4 nitrogen and oxygen atoms in total. The predicted octanol–water partition coefficient (Wildman–Crippen LogP) is 4.59. The number of morpholine rings is 1. The average Bonchev–Trinajstić information content (AvgIpc) is 2.54. The minimum absolute atomic E-state index is 0.0423. The zero-order valence-corrected chi connectivity index (χ0v) is 16.2. The Labute approximate surface area is 153 Å². The highest BCUT2D eigenvalue weighted by Gasteiger charge is 2.33. The van der Waals surface area contributed by atoms with Gasteiger partial charge in [0.1, 0.15) is 0 Å². The van der Waals surface area contributed by atoms with E-state index < -0.39 is 0 Å². The van der Waals surface area contributed by atoms with Gasteiger partial charge in [-0.25, -0.2) is 4.79 Å². The SMILES string of the molecule is C[C@H]1CN(C(=O)Nc2cccc(C3SCCCS3)c2)CC(C)(C)O1. The third-order valence-corrected chi connectivity index (χ3v) is 7.11. The van der Waals surface area contributed by atoms with Crippen LogP contribution in [0.25, 0.3) is 0 Å². The van der Waals surface area contributed by atoms with E-state index in [9.17, 15) is 4.79 Å². The average molecular weight is 367 g/mol. The summed E-state index contributed by atoms with van der Waals surface area (Å²) >= 11 is 3.99. The molecule has 0 spiro atoms. The molecule has 0 unspecified atom stereocenters. The van der Waals surface area contributed by atoms with E-state index in [-0.39, 0.29) is 17.7 Å². The van der Waals surface area contributed by atoms with Gasteiger partial charge in [0.05, 0.1) is 22.8 Å². The highest BCUT2D eigenvalue weighted by molar-refractivity contribution is 8.16. The molecular weight excluding hydrogens is 340 g/mol.